The lowest BCUT2D eigenvalue weighted by molar-refractivity contribution is 0.203. The second kappa shape index (κ2) is 7.30. The van der Waals surface area contributed by atoms with Gasteiger partial charge in [0.2, 0.25) is 0 Å². The molecule has 0 aliphatic rings. The Morgan fingerprint density at radius 2 is 1.85 bits per heavy atom. The van der Waals surface area contributed by atoms with Crippen LogP contribution in [0.4, 0.5) is 0 Å². The summed E-state index contributed by atoms with van der Waals surface area (Å²) in [5.41, 5.74) is 1.04. The van der Waals surface area contributed by atoms with Gasteiger partial charge in [-0.25, -0.2) is 0 Å². The van der Waals surface area contributed by atoms with Gasteiger partial charge in [-0.15, -0.1) is 0 Å². The van der Waals surface area contributed by atoms with E-state index < -0.39 is 8.32 Å². The first-order valence-electron chi connectivity index (χ1n) is 6.79. The second-order valence-electron chi connectivity index (χ2n) is 6.32. The third kappa shape index (κ3) is 4.76. The number of benzene rings is 1. The Hall–Kier alpha value is -0.0331. The van der Waals surface area contributed by atoms with E-state index >= 15 is 0 Å². The van der Waals surface area contributed by atoms with Crippen molar-refractivity contribution in [2.45, 2.75) is 44.2 Å². The maximum Gasteiger partial charge on any atom is 0.192 e. The van der Waals surface area contributed by atoms with E-state index in [1.54, 1.807) is 0 Å². The third-order valence-electron chi connectivity index (χ3n) is 3.80. The van der Waals surface area contributed by atoms with E-state index in [1.165, 1.54) is 0 Å². The van der Waals surface area contributed by atoms with Crippen LogP contribution >= 0.6 is 27.5 Å². The first-order valence-corrected chi connectivity index (χ1v) is 11.2. The van der Waals surface area contributed by atoms with Crippen molar-refractivity contribution in [1.29, 1.82) is 0 Å². The molecule has 114 valence electrons. The van der Waals surface area contributed by atoms with Crippen LogP contribution in [0.2, 0.25) is 23.2 Å². The molecule has 0 radical (unpaired) electrons. The zero-order valence-electron chi connectivity index (χ0n) is 12.9. The van der Waals surface area contributed by atoms with Crippen LogP contribution in [0.3, 0.4) is 0 Å². The van der Waals surface area contributed by atoms with Crippen molar-refractivity contribution in [3.8, 4) is 5.75 Å². The minimum atomic E-state index is -1.69. The molecule has 0 spiro atoms. The topological polar surface area (TPSA) is 18.5 Å². The van der Waals surface area contributed by atoms with Crippen molar-refractivity contribution < 1.29 is 9.16 Å². The molecule has 5 heteroatoms. The van der Waals surface area contributed by atoms with Gasteiger partial charge >= 0.3 is 0 Å². The number of rotatable bonds is 6. The maximum atomic E-state index is 6.26. The van der Waals surface area contributed by atoms with Crippen LogP contribution < -0.4 is 4.74 Å². The van der Waals surface area contributed by atoms with Crippen molar-refractivity contribution >= 4 is 35.8 Å². The molecule has 0 N–H and O–H groups in total. The van der Waals surface area contributed by atoms with Gasteiger partial charge in [0, 0.05) is 5.33 Å². The van der Waals surface area contributed by atoms with Crippen LogP contribution in [0.5, 0.6) is 5.75 Å². The first kappa shape index (κ1) is 18.0. The van der Waals surface area contributed by atoms with Gasteiger partial charge in [0.25, 0.3) is 0 Å². The van der Waals surface area contributed by atoms with Crippen LogP contribution in [0.15, 0.2) is 18.2 Å². The summed E-state index contributed by atoms with van der Waals surface area (Å²) in [5.74, 6) is 0.724. The molecule has 0 atom stereocenters. The molecule has 1 aromatic rings. The van der Waals surface area contributed by atoms with Crippen molar-refractivity contribution in [3.63, 3.8) is 0 Å². The summed E-state index contributed by atoms with van der Waals surface area (Å²) in [7, 11) is -1.69. The van der Waals surface area contributed by atoms with Gasteiger partial charge < -0.3 is 9.16 Å². The van der Waals surface area contributed by atoms with E-state index in [2.05, 4.69) is 49.8 Å². The summed E-state index contributed by atoms with van der Waals surface area (Å²) in [6.07, 6.45) is 0. The quantitative estimate of drug-likeness (QED) is 0.362. The predicted octanol–water partition coefficient (Wildman–Crippen LogP) is 5.64. The lowest BCUT2D eigenvalue weighted by atomic mass is 10.2. The molecular formula is C15H24BrClO2Si. The standard InChI is InChI=1S/C15H24BrClO2Si/c1-15(2,3)20(4,5)19-10-9-18-13-8-6-7-12(11-16)14(13)17/h6-8H,9-11H2,1-5H3. The highest BCUT2D eigenvalue weighted by Gasteiger charge is 2.36. The van der Waals surface area contributed by atoms with E-state index in [9.17, 15) is 0 Å². The fraction of sp³-hybridized carbons (Fsp3) is 0.600. The summed E-state index contributed by atoms with van der Waals surface area (Å²) in [6, 6.07) is 5.82. The van der Waals surface area contributed by atoms with E-state index in [0.717, 1.165) is 16.6 Å². The average molecular weight is 380 g/mol. The molecule has 0 heterocycles. The predicted molar refractivity (Wildman–Crippen MR) is 92.7 cm³/mol. The molecule has 0 amide bonds. The SMILES string of the molecule is CC(C)(C)[Si](C)(C)OCCOc1cccc(CBr)c1Cl. The highest BCUT2D eigenvalue weighted by atomic mass is 79.9. The van der Waals surface area contributed by atoms with Crippen LogP contribution in [0.1, 0.15) is 26.3 Å². The monoisotopic (exact) mass is 378 g/mol. The third-order valence-corrected chi connectivity index (χ3v) is 9.37. The Kier molecular flexibility index (Phi) is 6.57. The van der Waals surface area contributed by atoms with Gasteiger partial charge in [-0.05, 0) is 29.8 Å². The smallest absolute Gasteiger partial charge is 0.192 e. The largest absolute Gasteiger partial charge is 0.490 e. The van der Waals surface area contributed by atoms with Gasteiger partial charge in [0.05, 0.1) is 11.6 Å². The Morgan fingerprint density at radius 3 is 2.40 bits per heavy atom. The van der Waals surface area contributed by atoms with Gasteiger partial charge in [-0.1, -0.05) is 60.4 Å². The molecule has 20 heavy (non-hydrogen) atoms. The Bertz CT molecular complexity index is 444. The van der Waals surface area contributed by atoms with E-state index in [4.69, 9.17) is 20.8 Å². The molecule has 0 bridgehead atoms. The first-order chi connectivity index (χ1) is 9.19. The van der Waals surface area contributed by atoms with Crippen LogP contribution in [0, 0.1) is 0 Å². The number of ether oxygens (including phenoxy) is 1. The molecule has 0 aliphatic heterocycles. The molecule has 1 aromatic carbocycles. The normalized spacial score (nSPS) is 12.6. The molecule has 2 nitrogen and oxygen atoms in total. The number of halogens is 2. The lowest BCUT2D eigenvalue weighted by Gasteiger charge is -2.36. The Morgan fingerprint density at radius 1 is 1.20 bits per heavy atom. The molecule has 0 unspecified atom stereocenters. The second-order valence-corrected chi connectivity index (χ2v) is 12.1. The number of hydrogen-bond acceptors (Lipinski definition) is 2. The van der Waals surface area contributed by atoms with Crippen LogP contribution in [-0.4, -0.2) is 21.5 Å². The van der Waals surface area contributed by atoms with Crippen molar-refractivity contribution in [2.75, 3.05) is 13.2 Å². The van der Waals surface area contributed by atoms with Crippen LogP contribution in [0.25, 0.3) is 0 Å². The zero-order valence-corrected chi connectivity index (χ0v) is 16.3. The summed E-state index contributed by atoms with van der Waals surface area (Å²) in [6.45, 7) is 12.3. The van der Waals surface area contributed by atoms with Gasteiger partial charge in [-0.3, -0.25) is 0 Å². The molecule has 0 aliphatic carbocycles. The minimum Gasteiger partial charge on any atom is -0.490 e. The summed E-state index contributed by atoms with van der Waals surface area (Å²) < 4.78 is 11.8. The fourth-order valence-corrected chi connectivity index (χ4v) is 3.34. The Balaban J connectivity index is 2.50. The zero-order chi connectivity index (χ0) is 15.4. The lowest BCUT2D eigenvalue weighted by Crippen LogP contribution is -2.41. The van der Waals surface area contributed by atoms with Crippen molar-refractivity contribution in [3.05, 3.63) is 28.8 Å². The van der Waals surface area contributed by atoms with E-state index in [1.807, 2.05) is 18.2 Å². The minimum absolute atomic E-state index is 0.223. The summed E-state index contributed by atoms with van der Waals surface area (Å²) in [4.78, 5) is 0. The van der Waals surface area contributed by atoms with Gasteiger partial charge in [-0.2, -0.15) is 0 Å². The molecule has 1 rings (SSSR count). The van der Waals surface area contributed by atoms with Gasteiger partial charge in [0.1, 0.15) is 12.4 Å². The molecule has 0 saturated carbocycles. The maximum absolute atomic E-state index is 6.26. The Labute approximate surface area is 137 Å². The summed E-state index contributed by atoms with van der Waals surface area (Å²) >= 11 is 9.68. The number of alkyl halides is 1. The summed E-state index contributed by atoms with van der Waals surface area (Å²) in [5, 5.41) is 1.63. The molecular weight excluding hydrogens is 356 g/mol. The molecule has 0 saturated heterocycles. The van der Waals surface area contributed by atoms with Crippen molar-refractivity contribution in [1.82, 2.24) is 0 Å². The average Bonchev–Trinajstić information content (AvgIpc) is 2.35. The number of hydrogen-bond donors (Lipinski definition) is 0. The highest BCUT2D eigenvalue weighted by molar-refractivity contribution is 9.08. The van der Waals surface area contributed by atoms with Crippen LogP contribution in [-0.2, 0) is 9.76 Å². The van der Waals surface area contributed by atoms with E-state index in [-0.39, 0.29) is 5.04 Å². The van der Waals surface area contributed by atoms with Crippen molar-refractivity contribution in [2.24, 2.45) is 0 Å². The highest BCUT2D eigenvalue weighted by Crippen LogP contribution is 2.36. The molecule has 0 fully saturated rings. The molecule has 0 aromatic heterocycles. The van der Waals surface area contributed by atoms with E-state index in [0.29, 0.717) is 18.2 Å². The van der Waals surface area contributed by atoms with Gasteiger partial charge in [0.15, 0.2) is 8.32 Å². The fourth-order valence-electron chi connectivity index (χ4n) is 1.44.